The summed E-state index contributed by atoms with van der Waals surface area (Å²) in [6.45, 7) is 3.52. The second-order valence-electron chi connectivity index (χ2n) is 7.07. The normalized spacial score (nSPS) is 15.0. The molecule has 2 aromatic carbocycles. The van der Waals surface area contributed by atoms with Gasteiger partial charge in [-0.3, -0.25) is 4.79 Å². The highest BCUT2D eigenvalue weighted by Crippen LogP contribution is 2.17. The molecule has 1 saturated heterocycles. The molecule has 4 nitrogen and oxygen atoms in total. The zero-order chi connectivity index (χ0) is 18.6. The van der Waals surface area contributed by atoms with E-state index in [1.54, 1.807) is 24.3 Å². The summed E-state index contributed by atoms with van der Waals surface area (Å²) >= 11 is 0. The zero-order valence-electron chi connectivity index (χ0n) is 15.1. The fourth-order valence-electron chi connectivity index (χ4n) is 3.43. The first-order chi connectivity index (χ1) is 12.4. The molecule has 5 heteroatoms. The number of likely N-dealkylation sites (tertiary alicyclic amines) is 1. The molecule has 0 N–H and O–H groups in total. The molecular weight excluding hydrogens is 346 g/mol. The van der Waals surface area contributed by atoms with Gasteiger partial charge in [0.25, 0.3) is 5.91 Å². The summed E-state index contributed by atoms with van der Waals surface area (Å²) < 4.78 is 25.1. The number of hydrogen-bond donors (Lipinski definition) is 0. The highest BCUT2D eigenvalue weighted by Gasteiger charge is 2.19. The summed E-state index contributed by atoms with van der Waals surface area (Å²) in [5.74, 6) is -0.0382. The maximum atomic E-state index is 12.6. The second-order valence-corrected chi connectivity index (χ2v) is 9.14. The summed E-state index contributed by atoms with van der Waals surface area (Å²) in [6.07, 6.45) is 3.24. The number of hydrogen-bond acceptors (Lipinski definition) is 3. The van der Waals surface area contributed by atoms with Gasteiger partial charge in [-0.15, -0.1) is 0 Å². The molecule has 138 valence electrons. The molecular formula is C21H25NO3S. The topological polar surface area (TPSA) is 54.5 Å². The van der Waals surface area contributed by atoms with Crippen molar-refractivity contribution in [1.29, 1.82) is 0 Å². The van der Waals surface area contributed by atoms with Crippen LogP contribution in [-0.4, -0.2) is 32.3 Å². The van der Waals surface area contributed by atoms with Crippen molar-refractivity contribution in [3.63, 3.8) is 0 Å². The van der Waals surface area contributed by atoms with E-state index in [1.807, 2.05) is 36.1 Å². The number of benzene rings is 2. The first-order valence-corrected chi connectivity index (χ1v) is 10.9. The van der Waals surface area contributed by atoms with Crippen LogP contribution in [0.15, 0.2) is 48.5 Å². The fraction of sp³-hybridized carbons (Fsp3) is 0.381. The molecule has 0 spiro atoms. The summed E-state index contributed by atoms with van der Waals surface area (Å²) in [4.78, 5) is 14.5. The highest BCUT2D eigenvalue weighted by molar-refractivity contribution is 7.89. The Morgan fingerprint density at radius 1 is 0.923 bits per heavy atom. The standard InChI is InChI=1S/C21H25NO3S/c1-17-7-5-8-18(13-17)15-26(24,25)16-19-9-6-10-20(14-19)21(23)22-11-3-2-4-12-22/h5-10,13-14H,2-4,11-12,15-16H2,1H3. The molecule has 0 aromatic heterocycles. The van der Waals surface area contributed by atoms with Gasteiger partial charge in [0.1, 0.15) is 0 Å². The third-order valence-electron chi connectivity index (χ3n) is 4.67. The third-order valence-corrected chi connectivity index (χ3v) is 6.22. The minimum atomic E-state index is -3.30. The molecule has 0 saturated carbocycles. The van der Waals surface area contributed by atoms with Crippen molar-refractivity contribution in [2.75, 3.05) is 13.1 Å². The van der Waals surface area contributed by atoms with Crippen molar-refractivity contribution in [3.8, 4) is 0 Å². The van der Waals surface area contributed by atoms with Gasteiger partial charge in [-0.25, -0.2) is 8.42 Å². The van der Waals surface area contributed by atoms with Gasteiger partial charge < -0.3 is 4.90 Å². The van der Waals surface area contributed by atoms with Gasteiger partial charge in [0.2, 0.25) is 0 Å². The van der Waals surface area contributed by atoms with Crippen molar-refractivity contribution >= 4 is 15.7 Å². The summed E-state index contributed by atoms with van der Waals surface area (Å²) in [6, 6.07) is 14.6. The molecule has 1 heterocycles. The van der Waals surface area contributed by atoms with Crippen molar-refractivity contribution in [2.45, 2.75) is 37.7 Å². The van der Waals surface area contributed by atoms with Crippen LogP contribution in [0.2, 0.25) is 0 Å². The number of aryl methyl sites for hydroxylation is 1. The lowest BCUT2D eigenvalue weighted by atomic mass is 10.1. The van der Waals surface area contributed by atoms with Crippen LogP contribution in [0, 0.1) is 6.92 Å². The maximum Gasteiger partial charge on any atom is 0.253 e. The molecule has 0 radical (unpaired) electrons. The fourth-order valence-corrected chi connectivity index (χ4v) is 4.91. The average molecular weight is 372 g/mol. The molecule has 0 unspecified atom stereocenters. The molecule has 0 aliphatic carbocycles. The van der Waals surface area contributed by atoms with Gasteiger partial charge in [-0.2, -0.15) is 0 Å². The molecule has 1 fully saturated rings. The number of carbonyl (C=O) groups is 1. The Morgan fingerprint density at radius 2 is 1.54 bits per heavy atom. The lowest BCUT2D eigenvalue weighted by Gasteiger charge is -2.26. The Bertz CT molecular complexity index is 884. The van der Waals surface area contributed by atoms with Crippen LogP contribution in [0.5, 0.6) is 0 Å². The van der Waals surface area contributed by atoms with Crippen molar-refractivity contribution < 1.29 is 13.2 Å². The molecule has 26 heavy (non-hydrogen) atoms. The number of sulfone groups is 1. The van der Waals surface area contributed by atoms with Crippen LogP contribution in [0.25, 0.3) is 0 Å². The van der Waals surface area contributed by atoms with Crippen LogP contribution in [0.1, 0.15) is 46.3 Å². The van der Waals surface area contributed by atoms with Gasteiger partial charge >= 0.3 is 0 Å². The zero-order valence-corrected chi connectivity index (χ0v) is 16.0. The summed E-state index contributed by atoms with van der Waals surface area (Å²) in [7, 11) is -3.30. The van der Waals surface area contributed by atoms with E-state index in [0.29, 0.717) is 11.1 Å². The largest absolute Gasteiger partial charge is 0.339 e. The second kappa shape index (κ2) is 8.04. The number of carbonyl (C=O) groups excluding carboxylic acids is 1. The van der Waals surface area contributed by atoms with Gasteiger partial charge in [0.15, 0.2) is 9.84 Å². The van der Waals surface area contributed by atoms with Gasteiger partial charge in [-0.1, -0.05) is 42.0 Å². The van der Waals surface area contributed by atoms with E-state index in [4.69, 9.17) is 0 Å². The van der Waals surface area contributed by atoms with Crippen LogP contribution >= 0.6 is 0 Å². The Morgan fingerprint density at radius 3 is 2.19 bits per heavy atom. The van der Waals surface area contributed by atoms with Crippen molar-refractivity contribution in [3.05, 3.63) is 70.8 Å². The Balaban J connectivity index is 1.72. The predicted molar refractivity (Wildman–Crippen MR) is 104 cm³/mol. The smallest absolute Gasteiger partial charge is 0.253 e. The Labute approximate surface area is 155 Å². The Hall–Kier alpha value is -2.14. The minimum absolute atomic E-state index is 0.00244. The van der Waals surface area contributed by atoms with Crippen LogP contribution in [0.3, 0.4) is 0 Å². The van der Waals surface area contributed by atoms with Crippen LogP contribution in [-0.2, 0) is 21.3 Å². The molecule has 3 rings (SSSR count). The molecule has 1 aliphatic heterocycles. The first kappa shape index (κ1) is 18.6. The number of amides is 1. The van der Waals surface area contributed by atoms with Gasteiger partial charge in [0, 0.05) is 18.7 Å². The maximum absolute atomic E-state index is 12.6. The van der Waals surface area contributed by atoms with Gasteiger partial charge in [0.05, 0.1) is 11.5 Å². The Kier molecular flexibility index (Phi) is 5.77. The lowest BCUT2D eigenvalue weighted by molar-refractivity contribution is 0.0724. The van der Waals surface area contributed by atoms with E-state index in [2.05, 4.69) is 0 Å². The highest BCUT2D eigenvalue weighted by atomic mass is 32.2. The SMILES string of the molecule is Cc1cccc(CS(=O)(=O)Cc2cccc(C(=O)N3CCCCC3)c2)c1. The van der Waals surface area contributed by atoms with Crippen LogP contribution < -0.4 is 0 Å². The average Bonchev–Trinajstić information content (AvgIpc) is 2.61. The van der Waals surface area contributed by atoms with Crippen molar-refractivity contribution in [2.24, 2.45) is 0 Å². The molecule has 0 atom stereocenters. The van der Waals surface area contributed by atoms with E-state index in [1.165, 1.54) is 6.42 Å². The van der Waals surface area contributed by atoms with Crippen LogP contribution in [0.4, 0.5) is 0 Å². The minimum Gasteiger partial charge on any atom is -0.339 e. The summed E-state index contributed by atoms with van der Waals surface area (Å²) in [5.41, 5.74) is 3.09. The first-order valence-electron chi connectivity index (χ1n) is 9.07. The van der Waals surface area contributed by atoms with E-state index in [-0.39, 0.29) is 17.4 Å². The molecule has 1 amide bonds. The quantitative estimate of drug-likeness (QED) is 0.805. The third kappa shape index (κ3) is 4.94. The number of nitrogens with zero attached hydrogens (tertiary/aromatic N) is 1. The summed E-state index contributed by atoms with van der Waals surface area (Å²) in [5, 5.41) is 0. The molecule has 1 aliphatic rings. The number of piperidine rings is 1. The lowest BCUT2D eigenvalue weighted by Crippen LogP contribution is -2.35. The molecule has 2 aromatic rings. The van der Waals surface area contributed by atoms with E-state index >= 15 is 0 Å². The predicted octanol–water partition coefficient (Wildman–Crippen LogP) is 3.74. The molecule has 0 bridgehead atoms. The van der Waals surface area contributed by atoms with E-state index in [0.717, 1.165) is 37.1 Å². The number of rotatable bonds is 5. The van der Waals surface area contributed by atoms with Crippen molar-refractivity contribution in [1.82, 2.24) is 4.90 Å². The van der Waals surface area contributed by atoms with E-state index < -0.39 is 9.84 Å². The van der Waals surface area contributed by atoms with Gasteiger partial charge in [-0.05, 0) is 49.4 Å². The monoisotopic (exact) mass is 371 g/mol. The van der Waals surface area contributed by atoms with E-state index in [9.17, 15) is 13.2 Å².